The summed E-state index contributed by atoms with van der Waals surface area (Å²) >= 11 is 0. The van der Waals surface area contributed by atoms with Crippen LogP contribution in [0.4, 0.5) is 5.69 Å². The molecule has 2 atom stereocenters. The van der Waals surface area contributed by atoms with Crippen LogP contribution in [0.5, 0.6) is 0 Å². The summed E-state index contributed by atoms with van der Waals surface area (Å²) in [5, 5.41) is 6.50. The lowest BCUT2D eigenvalue weighted by atomic mass is 9.85. The smallest absolute Gasteiger partial charge is 0.325 e. The van der Waals surface area contributed by atoms with Crippen LogP contribution in [0.3, 0.4) is 0 Å². The molecule has 2 aromatic heterocycles. The largest absolute Gasteiger partial charge is 0.332 e. The Balaban J connectivity index is 0.00000196. The number of rotatable bonds is 4. The lowest BCUT2D eigenvalue weighted by molar-refractivity contribution is -0.117. The SMILES string of the molecule is CC(CC(=O)Nc1cnc2c(c1)c(=O)n(C)c(=O)n2C)C1CCCNC1.Cl.Cl. The van der Waals surface area contributed by atoms with Crippen LogP contribution >= 0.6 is 24.8 Å². The molecular weight excluding hydrogens is 405 g/mol. The highest BCUT2D eigenvalue weighted by molar-refractivity contribution is 5.92. The number of fused-ring (bicyclic) bond motifs is 1. The van der Waals surface area contributed by atoms with E-state index in [0.717, 1.165) is 30.5 Å². The van der Waals surface area contributed by atoms with Gasteiger partial charge in [0.2, 0.25) is 5.91 Å². The molecule has 0 saturated carbocycles. The van der Waals surface area contributed by atoms with Gasteiger partial charge in [0.25, 0.3) is 5.56 Å². The van der Waals surface area contributed by atoms with Crippen molar-refractivity contribution in [3.05, 3.63) is 33.1 Å². The fraction of sp³-hybridized carbons (Fsp3) is 0.556. The number of pyridine rings is 1. The fourth-order valence-electron chi connectivity index (χ4n) is 3.57. The second-order valence-electron chi connectivity index (χ2n) is 7.14. The number of anilines is 1. The molecule has 2 aromatic rings. The van der Waals surface area contributed by atoms with Crippen molar-refractivity contribution in [2.75, 3.05) is 18.4 Å². The van der Waals surface area contributed by atoms with Gasteiger partial charge in [0.1, 0.15) is 5.65 Å². The van der Waals surface area contributed by atoms with Crippen molar-refractivity contribution in [2.24, 2.45) is 25.9 Å². The zero-order valence-electron chi connectivity index (χ0n) is 16.2. The van der Waals surface area contributed by atoms with Crippen LogP contribution in [0.15, 0.2) is 21.9 Å². The van der Waals surface area contributed by atoms with Crippen LogP contribution in [0, 0.1) is 11.8 Å². The second-order valence-corrected chi connectivity index (χ2v) is 7.14. The van der Waals surface area contributed by atoms with Crippen LogP contribution in [0.1, 0.15) is 26.2 Å². The lowest BCUT2D eigenvalue weighted by Gasteiger charge is -2.28. The van der Waals surface area contributed by atoms with Crippen molar-refractivity contribution in [2.45, 2.75) is 26.2 Å². The van der Waals surface area contributed by atoms with Crippen LogP contribution in [-0.4, -0.2) is 33.1 Å². The Morgan fingerprint density at radius 2 is 2.04 bits per heavy atom. The van der Waals surface area contributed by atoms with Gasteiger partial charge in [0.15, 0.2) is 0 Å². The monoisotopic (exact) mass is 431 g/mol. The minimum absolute atomic E-state index is 0. The van der Waals surface area contributed by atoms with E-state index in [1.165, 1.54) is 17.8 Å². The van der Waals surface area contributed by atoms with Gasteiger partial charge in [0.05, 0.1) is 17.3 Å². The van der Waals surface area contributed by atoms with Crippen LogP contribution in [0.2, 0.25) is 0 Å². The van der Waals surface area contributed by atoms with Gasteiger partial charge in [-0.1, -0.05) is 6.92 Å². The summed E-state index contributed by atoms with van der Waals surface area (Å²) in [4.78, 5) is 40.8. The number of hydrogen-bond acceptors (Lipinski definition) is 5. The van der Waals surface area contributed by atoms with Crippen molar-refractivity contribution in [1.82, 2.24) is 19.4 Å². The molecular formula is C18H27Cl2N5O3. The Kier molecular flexibility index (Phi) is 8.66. The van der Waals surface area contributed by atoms with Gasteiger partial charge in [-0.2, -0.15) is 0 Å². The highest BCUT2D eigenvalue weighted by Crippen LogP contribution is 2.23. The number of halogens is 2. The number of hydrogen-bond donors (Lipinski definition) is 2. The molecule has 1 amide bonds. The number of piperidine rings is 1. The number of aryl methyl sites for hydroxylation is 1. The maximum Gasteiger partial charge on any atom is 0.332 e. The first-order chi connectivity index (χ1) is 12.4. The van der Waals surface area contributed by atoms with Crippen LogP contribution < -0.4 is 21.9 Å². The topological polar surface area (TPSA) is 98.0 Å². The third-order valence-electron chi connectivity index (χ3n) is 5.22. The summed E-state index contributed by atoms with van der Waals surface area (Å²) < 4.78 is 2.36. The molecule has 156 valence electrons. The number of aromatic nitrogens is 3. The first kappa shape index (κ1) is 24.1. The average molecular weight is 432 g/mol. The molecule has 1 aliphatic rings. The van der Waals surface area contributed by atoms with Gasteiger partial charge in [-0.05, 0) is 43.8 Å². The molecule has 1 aliphatic heterocycles. The van der Waals surface area contributed by atoms with E-state index >= 15 is 0 Å². The predicted octanol–water partition coefficient (Wildman–Crippen LogP) is 1.44. The fourth-order valence-corrected chi connectivity index (χ4v) is 3.57. The Labute approximate surface area is 175 Å². The van der Waals surface area contributed by atoms with Crippen molar-refractivity contribution in [3.63, 3.8) is 0 Å². The first-order valence-electron chi connectivity index (χ1n) is 8.95. The second kappa shape index (κ2) is 10.0. The molecule has 0 bridgehead atoms. The zero-order chi connectivity index (χ0) is 18.8. The third-order valence-corrected chi connectivity index (χ3v) is 5.22. The summed E-state index contributed by atoms with van der Waals surface area (Å²) in [6.45, 7) is 4.10. The number of amides is 1. The van der Waals surface area contributed by atoms with E-state index in [4.69, 9.17) is 0 Å². The van der Waals surface area contributed by atoms with Crippen molar-refractivity contribution < 1.29 is 4.79 Å². The molecule has 3 heterocycles. The van der Waals surface area contributed by atoms with Crippen LogP contribution in [0.25, 0.3) is 11.0 Å². The van der Waals surface area contributed by atoms with Crippen molar-refractivity contribution >= 4 is 47.4 Å². The average Bonchev–Trinajstić information content (AvgIpc) is 2.65. The predicted molar refractivity (Wildman–Crippen MR) is 115 cm³/mol. The number of nitrogens with zero attached hydrogens (tertiary/aromatic N) is 3. The zero-order valence-corrected chi connectivity index (χ0v) is 17.9. The van der Waals surface area contributed by atoms with Gasteiger partial charge in [-0.15, -0.1) is 24.8 Å². The molecule has 0 aromatic carbocycles. The maximum absolute atomic E-state index is 12.4. The Bertz CT molecular complexity index is 951. The van der Waals surface area contributed by atoms with E-state index in [2.05, 4.69) is 22.5 Å². The van der Waals surface area contributed by atoms with E-state index in [0.29, 0.717) is 29.1 Å². The number of carbonyl (C=O) groups is 1. The van der Waals surface area contributed by atoms with Gasteiger partial charge in [-0.3, -0.25) is 18.7 Å². The Morgan fingerprint density at radius 3 is 2.68 bits per heavy atom. The highest BCUT2D eigenvalue weighted by atomic mass is 35.5. The normalized spacial score (nSPS) is 17.3. The summed E-state index contributed by atoms with van der Waals surface area (Å²) in [5.74, 6) is 0.696. The molecule has 1 saturated heterocycles. The first-order valence-corrected chi connectivity index (χ1v) is 8.95. The summed E-state index contributed by atoms with van der Waals surface area (Å²) in [6.07, 6.45) is 4.19. The molecule has 10 heteroatoms. The lowest BCUT2D eigenvalue weighted by Crippen LogP contribution is -2.37. The van der Waals surface area contributed by atoms with Crippen molar-refractivity contribution in [3.8, 4) is 0 Å². The molecule has 2 N–H and O–H groups in total. The third kappa shape index (κ3) is 4.92. The minimum Gasteiger partial charge on any atom is -0.325 e. The Hall–Kier alpha value is -1.90. The van der Waals surface area contributed by atoms with Crippen molar-refractivity contribution in [1.29, 1.82) is 0 Å². The quantitative estimate of drug-likeness (QED) is 0.762. The van der Waals surface area contributed by atoms with Gasteiger partial charge >= 0.3 is 5.69 Å². The minimum atomic E-state index is -0.429. The molecule has 28 heavy (non-hydrogen) atoms. The molecule has 2 unspecified atom stereocenters. The summed E-state index contributed by atoms with van der Waals surface area (Å²) in [5.41, 5.74) is -0.0833. The van der Waals surface area contributed by atoms with Gasteiger partial charge < -0.3 is 10.6 Å². The van der Waals surface area contributed by atoms with Gasteiger partial charge in [-0.25, -0.2) is 9.78 Å². The number of carbonyl (C=O) groups excluding carboxylic acids is 1. The summed E-state index contributed by atoms with van der Waals surface area (Å²) in [6, 6.07) is 1.58. The Morgan fingerprint density at radius 1 is 1.32 bits per heavy atom. The van der Waals surface area contributed by atoms with E-state index in [9.17, 15) is 14.4 Å². The molecule has 3 rings (SSSR count). The summed E-state index contributed by atoms with van der Waals surface area (Å²) in [7, 11) is 2.99. The van der Waals surface area contributed by atoms with Gasteiger partial charge in [0, 0.05) is 20.5 Å². The maximum atomic E-state index is 12.4. The molecule has 0 aliphatic carbocycles. The highest BCUT2D eigenvalue weighted by Gasteiger charge is 2.22. The van der Waals surface area contributed by atoms with E-state index < -0.39 is 11.2 Å². The molecule has 8 nitrogen and oxygen atoms in total. The van der Waals surface area contributed by atoms with E-state index in [1.807, 2.05) is 0 Å². The molecule has 0 spiro atoms. The molecule has 0 radical (unpaired) electrons. The van der Waals surface area contributed by atoms with E-state index in [-0.39, 0.29) is 36.6 Å². The van der Waals surface area contributed by atoms with Crippen LogP contribution in [-0.2, 0) is 18.9 Å². The number of nitrogens with one attached hydrogen (secondary N) is 2. The van der Waals surface area contributed by atoms with E-state index in [1.54, 1.807) is 13.1 Å². The standard InChI is InChI=1S/C18H25N5O3.2ClH/c1-11(12-5-4-6-19-9-12)7-15(24)21-13-8-14-16(20-10-13)22(2)18(26)23(3)17(14)25;;/h8,10-12,19H,4-7,9H2,1-3H3,(H,21,24);2*1H. The molecule has 1 fully saturated rings.